The number of nitrogens with one attached hydrogen (secondary N) is 1. The second-order valence-electron chi connectivity index (χ2n) is 8.23. The van der Waals surface area contributed by atoms with Crippen molar-refractivity contribution in [2.24, 2.45) is 5.92 Å². The van der Waals surface area contributed by atoms with Gasteiger partial charge in [-0.1, -0.05) is 36.7 Å². The number of hydrogen-bond donors (Lipinski definition) is 1. The van der Waals surface area contributed by atoms with Gasteiger partial charge in [0.2, 0.25) is 0 Å². The molecule has 160 valence electrons. The molecule has 0 unspecified atom stereocenters. The van der Waals surface area contributed by atoms with Crippen LogP contribution in [0.5, 0.6) is 5.75 Å². The zero-order chi connectivity index (χ0) is 21.7. The van der Waals surface area contributed by atoms with Crippen LogP contribution >= 0.6 is 15.9 Å². The van der Waals surface area contributed by atoms with Gasteiger partial charge in [-0.05, 0) is 72.7 Å². The molecule has 2 amide bonds. The van der Waals surface area contributed by atoms with E-state index < -0.39 is 0 Å². The summed E-state index contributed by atoms with van der Waals surface area (Å²) in [5.74, 6) is 1.49. The van der Waals surface area contributed by atoms with Gasteiger partial charge in [-0.3, -0.25) is 9.59 Å². The van der Waals surface area contributed by atoms with Gasteiger partial charge in [0.1, 0.15) is 5.75 Å². The van der Waals surface area contributed by atoms with Crippen LogP contribution in [-0.4, -0.2) is 36.4 Å². The van der Waals surface area contributed by atoms with Crippen molar-refractivity contribution in [1.82, 2.24) is 4.90 Å². The smallest absolute Gasteiger partial charge is 0.262 e. The summed E-state index contributed by atoms with van der Waals surface area (Å²) in [6.07, 6.45) is 2.10. The molecule has 1 fully saturated rings. The van der Waals surface area contributed by atoms with Crippen LogP contribution in [0.1, 0.15) is 55.5 Å². The second kappa shape index (κ2) is 10.1. The SMILES string of the molecule is CC1CCN(C(=O)c2ccc(NC(=O)COc3ccc(Br)cc3C(C)C)cc2)CC1. The van der Waals surface area contributed by atoms with Crippen molar-refractivity contribution in [2.45, 2.75) is 39.5 Å². The van der Waals surface area contributed by atoms with E-state index in [9.17, 15) is 9.59 Å². The Morgan fingerprint density at radius 3 is 2.43 bits per heavy atom. The van der Waals surface area contributed by atoms with E-state index in [4.69, 9.17) is 4.74 Å². The third kappa shape index (κ3) is 5.85. The van der Waals surface area contributed by atoms with Crippen molar-refractivity contribution in [2.75, 3.05) is 25.0 Å². The van der Waals surface area contributed by atoms with Crippen LogP contribution in [0.3, 0.4) is 0 Å². The van der Waals surface area contributed by atoms with Crippen LogP contribution in [0.4, 0.5) is 5.69 Å². The zero-order valence-electron chi connectivity index (χ0n) is 17.8. The molecule has 2 aromatic carbocycles. The van der Waals surface area contributed by atoms with Gasteiger partial charge >= 0.3 is 0 Å². The first-order chi connectivity index (χ1) is 14.3. The molecule has 0 atom stereocenters. The molecule has 2 aromatic rings. The molecule has 6 heteroatoms. The van der Waals surface area contributed by atoms with Crippen molar-refractivity contribution >= 4 is 33.4 Å². The molecule has 1 heterocycles. The molecule has 1 N–H and O–H groups in total. The fourth-order valence-corrected chi connectivity index (χ4v) is 3.91. The Morgan fingerprint density at radius 1 is 1.13 bits per heavy atom. The Hall–Kier alpha value is -2.34. The number of likely N-dealkylation sites (tertiary alicyclic amines) is 1. The predicted molar refractivity (Wildman–Crippen MR) is 123 cm³/mol. The second-order valence-corrected chi connectivity index (χ2v) is 9.14. The van der Waals surface area contributed by atoms with Crippen molar-refractivity contribution < 1.29 is 14.3 Å². The number of anilines is 1. The summed E-state index contributed by atoms with van der Waals surface area (Å²) in [7, 11) is 0. The van der Waals surface area contributed by atoms with Gasteiger partial charge < -0.3 is 15.0 Å². The van der Waals surface area contributed by atoms with Gasteiger partial charge in [0.25, 0.3) is 11.8 Å². The normalized spacial score (nSPS) is 14.6. The first kappa shape index (κ1) is 22.3. The number of halogens is 1. The van der Waals surface area contributed by atoms with Crippen molar-refractivity contribution in [3.63, 3.8) is 0 Å². The summed E-state index contributed by atoms with van der Waals surface area (Å²) >= 11 is 3.47. The molecule has 0 bridgehead atoms. The van der Waals surface area contributed by atoms with E-state index in [1.54, 1.807) is 24.3 Å². The Balaban J connectivity index is 1.54. The highest BCUT2D eigenvalue weighted by molar-refractivity contribution is 9.10. The largest absolute Gasteiger partial charge is 0.483 e. The van der Waals surface area contributed by atoms with Crippen molar-refractivity contribution in [1.29, 1.82) is 0 Å². The maximum atomic E-state index is 12.6. The third-order valence-corrected chi connectivity index (χ3v) is 5.93. The fourth-order valence-electron chi connectivity index (χ4n) is 3.53. The Labute approximate surface area is 186 Å². The fraction of sp³-hybridized carbons (Fsp3) is 0.417. The molecule has 0 spiro atoms. The van der Waals surface area contributed by atoms with Crippen molar-refractivity contribution in [3.05, 3.63) is 58.1 Å². The minimum absolute atomic E-state index is 0.0552. The first-order valence-electron chi connectivity index (χ1n) is 10.4. The molecule has 0 saturated carbocycles. The van der Waals surface area contributed by atoms with Gasteiger partial charge in [-0.25, -0.2) is 0 Å². The van der Waals surface area contributed by atoms with Gasteiger partial charge in [0.15, 0.2) is 6.61 Å². The number of hydrogen-bond acceptors (Lipinski definition) is 3. The van der Waals surface area contributed by atoms with E-state index >= 15 is 0 Å². The summed E-state index contributed by atoms with van der Waals surface area (Å²) in [6, 6.07) is 12.8. The number of nitrogens with zero attached hydrogens (tertiary/aromatic N) is 1. The number of benzene rings is 2. The summed E-state index contributed by atoms with van der Waals surface area (Å²) in [5.41, 5.74) is 2.34. The van der Waals surface area contributed by atoms with Gasteiger partial charge in [0, 0.05) is 28.8 Å². The van der Waals surface area contributed by atoms with E-state index in [1.165, 1.54) is 0 Å². The van der Waals surface area contributed by atoms with Crippen LogP contribution in [-0.2, 0) is 4.79 Å². The van der Waals surface area contributed by atoms with Crippen LogP contribution < -0.4 is 10.1 Å². The molecular formula is C24H29BrN2O3. The molecule has 30 heavy (non-hydrogen) atoms. The lowest BCUT2D eigenvalue weighted by Crippen LogP contribution is -2.37. The number of piperidine rings is 1. The van der Waals surface area contributed by atoms with Crippen LogP contribution in [0.2, 0.25) is 0 Å². The lowest BCUT2D eigenvalue weighted by Gasteiger charge is -2.30. The Kier molecular flexibility index (Phi) is 7.53. The number of rotatable bonds is 6. The van der Waals surface area contributed by atoms with Gasteiger partial charge in [0.05, 0.1) is 0 Å². The topological polar surface area (TPSA) is 58.6 Å². The Bertz CT molecular complexity index is 888. The predicted octanol–water partition coefficient (Wildman–Crippen LogP) is 5.46. The van der Waals surface area contributed by atoms with E-state index in [2.05, 4.69) is 42.0 Å². The molecular weight excluding hydrogens is 444 g/mol. The van der Waals surface area contributed by atoms with Gasteiger partial charge in [-0.2, -0.15) is 0 Å². The van der Waals surface area contributed by atoms with E-state index in [-0.39, 0.29) is 24.3 Å². The zero-order valence-corrected chi connectivity index (χ0v) is 19.4. The number of carbonyl (C=O) groups excluding carboxylic acids is 2. The maximum Gasteiger partial charge on any atom is 0.262 e. The molecule has 3 rings (SSSR count). The average Bonchev–Trinajstić information content (AvgIpc) is 2.73. The van der Waals surface area contributed by atoms with Gasteiger partial charge in [-0.15, -0.1) is 0 Å². The van der Waals surface area contributed by atoms with Crippen LogP contribution in [0, 0.1) is 5.92 Å². The van der Waals surface area contributed by atoms with E-state index in [1.807, 2.05) is 23.1 Å². The number of carbonyl (C=O) groups is 2. The van der Waals surface area contributed by atoms with Crippen LogP contribution in [0.25, 0.3) is 0 Å². The molecule has 0 radical (unpaired) electrons. The summed E-state index contributed by atoms with van der Waals surface area (Å²) in [6.45, 7) is 7.94. The lowest BCUT2D eigenvalue weighted by atomic mass is 9.98. The lowest BCUT2D eigenvalue weighted by molar-refractivity contribution is -0.118. The minimum atomic E-state index is -0.239. The monoisotopic (exact) mass is 472 g/mol. The summed E-state index contributed by atoms with van der Waals surface area (Å²) in [4.78, 5) is 26.8. The maximum absolute atomic E-state index is 12.6. The molecule has 1 aliphatic rings. The summed E-state index contributed by atoms with van der Waals surface area (Å²) in [5, 5.41) is 2.83. The Morgan fingerprint density at radius 2 is 1.80 bits per heavy atom. The standard InChI is InChI=1S/C24H29BrN2O3/c1-16(2)21-14-19(25)6-9-22(21)30-15-23(28)26-20-7-4-18(5-8-20)24(29)27-12-10-17(3)11-13-27/h4-9,14,16-17H,10-13,15H2,1-3H3,(H,26,28). The molecule has 5 nitrogen and oxygen atoms in total. The number of ether oxygens (including phenoxy) is 1. The molecule has 0 aliphatic carbocycles. The minimum Gasteiger partial charge on any atom is -0.483 e. The highest BCUT2D eigenvalue weighted by atomic mass is 79.9. The number of amides is 2. The quantitative estimate of drug-likeness (QED) is 0.606. The van der Waals surface area contributed by atoms with Crippen LogP contribution in [0.15, 0.2) is 46.9 Å². The van der Waals surface area contributed by atoms with E-state index in [0.29, 0.717) is 22.9 Å². The molecule has 1 aliphatic heterocycles. The highest BCUT2D eigenvalue weighted by Crippen LogP contribution is 2.29. The first-order valence-corrected chi connectivity index (χ1v) is 11.2. The average molecular weight is 473 g/mol. The third-order valence-electron chi connectivity index (χ3n) is 5.44. The molecule has 1 saturated heterocycles. The highest BCUT2D eigenvalue weighted by Gasteiger charge is 2.21. The molecule has 0 aromatic heterocycles. The van der Waals surface area contributed by atoms with E-state index in [0.717, 1.165) is 36.0 Å². The summed E-state index contributed by atoms with van der Waals surface area (Å²) < 4.78 is 6.73. The van der Waals surface area contributed by atoms with Crippen molar-refractivity contribution in [3.8, 4) is 5.75 Å².